The van der Waals surface area contributed by atoms with Crippen LogP contribution in [0.4, 0.5) is 11.4 Å². The number of amides is 1. The van der Waals surface area contributed by atoms with Crippen molar-refractivity contribution in [3.63, 3.8) is 0 Å². The van der Waals surface area contributed by atoms with Crippen molar-refractivity contribution in [1.82, 2.24) is 4.98 Å². The number of para-hydroxylation sites is 3. The number of carbonyl (C=O) groups excluding carboxylic acids is 1. The molecule has 6 rings (SSSR count). The molecule has 4 aromatic carbocycles. The third-order valence-corrected chi connectivity index (χ3v) is 8.43. The van der Waals surface area contributed by atoms with E-state index in [1.807, 2.05) is 89.8 Å². The maximum atomic E-state index is 13.7. The lowest BCUT2D eigenvalue weighted by Crippen LogP contribution is -2.43. The van der Waals surface area contributed by atoms with E-state index in [2.05, 4.69) is 17.4 Å². The van der Waals surface area contributed by atoms with Gasteiger partial charge in [-0.15, -0.1) is 11.3 Å². The Morgan fingerprint density at radius 3 is 2.58 bits per heavy atom. The van der Waals surface area contributed by atoms with Crippen molar-refractivity contribution >= 4 is 50.6 Å². The molecule has 1 aliphatic rings. The number of fused-ring (bicyclic) bond motifs is 2. The highest BCUT2D eigenvalue weighted by atomic mass is 32.2. The van der Waals surface area contributed by atoms with Gasteiger partial charge in [-0.1, -0.05) is 60.3 Å². The zero-order chi connectivity index (χ0) is 24.5. The summed E-state index contributed by atoms with van der Waals surface area (Å²) >= 11 is 3.40. The van der Waals surface area contributed by atoms with E-state index in [9.17, 15) is 4.79 Å². The highest BCUT2D eigenvalue weighted by molar-refractivity contribution is 8.00. The first-order chi connectivity index (χ1) is 17.7. The predicted molar refractivity (Wildman–Crippen MR) is 148 cm³/mol. The Morgan fingerprint density at radius 1 is 0.972 bits per heavy atom. The molecule has 0 fully saturated rings. The fourth-order valence-corrected chi connectivity index (χ4v) is 6.52. The number of thioether (sulfide) groups is 1. The standard InChI is InChI=1S/C29H23N3O2S2/c1-34-25-16-15-19(17-20(25)18-35-29-31-24-13-7-8-14-26(24)36-29)27-30-23-12-6-5-11-22(23)28(33)32(27)21-9-3-2-4-10-21/h2-17,27,30H,18H2,1H3. The molecule has 1 aromatic heterocycles. The molecule has 0 aliphatic carbocycles. The van der Waals surface area contributed by atoms with E-state index in [0.717, 1.165) is 38.1 Å². The summed E-state index contributed by atoms with van der Waals surface area (Å²) in [5.41, 5.74) is 5.41. The van der Waals surface area contributed by atoms with Crippen molar-refractivity contribution in [2.24, 2.45) is 0 Å². The van der Waals surface area contributed by atoms with Crippen LogP contribution in [0.15, 0.2) is 101 Å². The Morgan fingerprint density at radius 2 is 1.75 bits per heavy atom. The first-order valence-corrected chi connectivity index (χ1v) is 13.4. The van der Waals surface area contributed by atoms with E-state index in [1.165, 1.54) is 4.70 Å². The minimum Gasteiger partial charge on any atom is -0.496 e. The van der Waals surface area contributed by atoms with Crippen LogP contribution in [0.1, 0.15) is 27.7 Å². The lowest BCUT2D eigenvalue weighted by atomic mass is 10.0. The number of carbonyl (C=O) groups is 1. The van der Waals surface area contributed by atoms with Gasteiger partial charge >= 0.3 is 0 Å². The average Bonchev–Trinajstić information content (AvgIpc) is 3.35. The van der Waals surface area contributed by atoms with Crippen molar-refractivity contribution in [1.29, 1.82) is 0 Å². The van der Waals surface area contributed by atoms with Crippen LogP contribution >= 0.6 is 23.1 Å². The molecule has 1 atom stereocenters. The Bertz CT molecular complexity index is 1520. The minimum absolute atomic E-state index is 0.0261. The molecule has 5 nitrogen and oxygen atoms in total. The number of hydrogen-bond acceptors (Lipinski definition) is 6. The molecule has 1 unspecified atom stereocenters. The highest BCUT2D eigenvalue weighted by Gasteiger charge is 2.34. The first kappa shape index (κ1) is 22.6. The summed E-state index contributed by atoms with van der Waals surface area (Å²) in [5.74, 6) is 1.50. The maximum Gasteiger partial charge on any atom is 0.262 e. The van der Waals surface area contributed by atoms with Crippen molar-refractivity contribution < 1.29 is 9.53 Å². The van der Waals surface area contributed by atoms with Crippen LogP contribution in [0.25, 0.3) is 10.2 Å². The second-order valence-corrected chi connectivity index (χ2v) is 10.7. The van der Waals surface area contributed by atoms with Crippen LogP contribution in [0.2, 0.25) is 0 Å². The fourth-order valence-electron chi connectivity index (χ4n) is 4.48. The number of benzene rings is 4. The van der Waals surface area contributed by atoms with Gasteiger partial charge in [0.1, 0.15) is 11.9 Å². The summed E-state index contributed by atoms with van der Waals surface area (Å²) in [7, 11) is 1.69. The molecular weight excluding hydrogens is 486 g/mol. The molecule has 0 saturated heterocycles. The molecule has 1 N–H and O–H groups in total. The summed E-state index contributed by atoms with van der Waals surface area (Å²) < 4.78 is 7.90. The minimum atomic E-state index is -0.355. The zero-order valence-electron chi connectivity index (χ0n) is 19.5. The number of hydrogen-bond donors (Lipinski definition) is 1. The normalized spacial score (nSPS) is 15.0. The lowest BCUT2D eigenvalue weighted by Gasteiger charge is -2.38. The summed E-state index contributed by atoms with van der Waals surface area (Å²) in [6, 6.07) is 31.8. The number of nitrogens with one attached hydrogen (secondary N) is 1. The van der Waals surface area contributed by atoms with E-state index < -0.39 is 0 Å². The summed E-state index contributed by atoms with van der Waals surface area (Å²) in [5, 5.41) is 3.60. The molecule has 2 heterocycles. The number of nitrogens with zero attached hydrogens (tertiary/aromatic N) is 2. The van der Waals surface area contributed by atoms with Gasteiger partial charge < -0.3 is 10.1 Å². The van der Waals surface area contributed by atoms with E-state index in [4.69, 9.17) is 9.72 Å². The van der Waals surface area contributed by atoms with Crippen LogP contribution in [-0.2, 0) is 5.75 Å². The van der Waals surface area contributed by atoms with E-state index >= 15 is 0 Å². The molecule has 178 valence electrons. The average molecular weight is 510 g/mol. The van der Waals surface area contributed by atoms with Gasteiger partial charge in [0, 0.05) is 22.7 Å². The molecule has 7 heteroatoms. The third kappa shape index (κ3) is 4.21. The van der Waals surface area contributed by atoms with Gasteiger partial charge in [0.05, 0.1) is 22.9 Å². The molecular formula is C29H23N3O2S2. The van der Waals surface area contributed by atoms with Gasteiger partial charge in [-0.2, -0.15) is 0 Å². The van der Waals surface area contributed by atoms with Gasteiger partial charge in [-0.3, -0.25) is 9.69 Å². The van der Waals surface area contributed by atoms with Crippen LogP contribution in [0.5, 0.6) is 5.75 Å². The molecule has 5 aromatic rings. The number of thiazole rings is 1. The van der Waals surface area contributed by atoms with Crippen LogP contribution in [-0.4, -0.2) is 18.0 Å². The van der Waals surface area contributed by atoms with Gasteiger partial charge in [0.2, 0.25) is 0 Å². The number of rotatable bonds is 6. The topological polar surface area (TPSA) is 54.5 Å². The van der Waals surface area contributed by atoms with Gasteiger partial charge in [-0.05, 0) is 54.1 Å². The summed E-state index contributed by atoms with van der Waals surface area (Å²) in [6.07, 6.45) is -0.355. The van der Waals surface area contributed by atoms with Crippen LogP contribution < -0.4 is 15.0 Å². The molecule has 1 aliphatic heterocycles. The van der Waals surface area contributed by atoms with Crippen molar-refractivity contribution in [2.45, 2.75) is 16.3 Å². The Labute approximate surface area is 217 Å². The predicted octanol–water partition coefficient (Wildman–Crippen LogP) is 7.37. The molecule has 1 amide bonds. The number of anilines is 2. The number of aromatic nitrogens is 1. The van der Waals surface area contributed by atoms with Gasteiger partial charge in [0.15, 0.2) is 4.34 Å². The third-order valence-electron chi connectivity index (χ3n) is 6.21. The fraction of sp³-hybridized carbons (Fsp3) is 0.103. The second-order valence-electron chi connectivity index (χ2n) is 8.41. The Kier molecular flexibility index (Phi) is 6.09. The number of methoxy groups -OCH3 is 1. The molecule has 36 heavy (non-hydrogen) atoms. The van der Waals surface area contributed by atoms with E-state index in [-0.39, 0.29) is 12.1 Å². The molecule has 0 bridgehead atoms. The molecule has 0 saturated carbocycles. The van der Waals surface area contributed by atoms with Crippen molar-refractivity contribution in [3.05, 3.63) is 114 Å². The van der Waals surface area contributed by atoms with Crippen LogP contribution in [0, 0.1) is 0 Å². The molecule has 0 radical (unpaired) electrons. The largest absolute Gasteiger partial charge is 0.496 e. The lowest BCUT2D eigenvalue weighted by molar-refractivity contribution is 0.0975. The monoisotopic (exact) mass is 509 g/mol. The van der Waals surface area contributed by atoms with Gasteiger partial charge in [-0.25, -0.2) is 4.98 Å². The Hall–Kier alpha value is -3.81. The maximum absolute atomic E-state index is 13.7. The number of ether oxygens (including phenoxy) is 1. The highest BCUT2D eigenvalue weighted by Crippen LogP contribution is 2.39. The van der Waals surface area contributed by atoms with Crippen molar-refractivity contribution in [3.8, 4) is 5.75 Å². The summed E-state index contributed by atoms with van der Waals surface area (Å²) in [4.78, 5) is 20.2. The SMILES string of the molecule is COc1ccc(C2Nc3ccccc3C(=O)N2c2ccccc2)cc1CSc1nc2ccccc2s1. The van der Waals surface area contributed by atoms with Crippen molar-refractivity contribution in [2.75, 3.05) is 17.3 Å². The van der Waals surface area contributed by atoms with Crippen LogP contribution in [0.3, 0.4) is 0 Å². The van der Waals surface area contributed by atoms with E-state index in [1.54, 1.807) is 30.2 Å². The second kappa shape index (κ2) is 9.68. The van der Waals surface area contributed by atoms with E-state index in [0.29, 0.717) is 11.3 Å². The smallest absolute Gasteiger partial charge is 0.262 e. The molecule has 0 spiro atoms. The zero-order valence-corrected chi connectivity index (χ0v) is 21.2. The Balaban J connectivity index is 1.36. The summed E-state index contributed by atoms with van der Waals surface area (Å²) in [6.45, 7) is 0. The first-order valence-electron chi connectivity index (χ1n) is 11.6. The van der Waals surface area contributed by atoms with Gasteiger partial charge in [0.25, 0.3) is 5.91 Å². The quantitative estimate of drug-likeness (QED) is 0.242.